The Kier molecular flexibility index (Phi) is 3.86. The Balaban J connectivity index is 2.49. The van der Waals surface area contributed by atoms with Crippen LogP contribution < -0.4 is 16.1 Å². The van der Waals surface area contributed by atoms with Crippen LogP contribution in [0.3, 0.4) is 0 Å². The summed E-state index contributed by atoms with van der Waals surface area (Å²) in [4.78, 5) is 23.1. The molecule has 0 fully saturated rings. The predicted molar refractivity (Wildman–Crippen MR) is 78.1 cm³/mol. The van der Waals surface area contributed by atoms with Gasteiger partial charge in [0.05, 0.1) is 17.2 Å². The lowest BCUT2D eigenvalue weighted by Crippen LogP contribution is -2.18. The first kappa shape index (κ1) is 14.2. The van der Waals surface area contributed by atoms with Crippen LogP contribution in [0.4, 0.5) is 11.4 Å². The lowest BCUT2D eigenvalue weighted by atomic mass is 10.1. The van der Waals surface area contributed by atoms with Gasteiger partial charge in [-0.05, 0) is 19.9 Å². The first-order valence-electron chi connectivity index (χ1n) is 5.84. The summed E-state index contributed by atoms with van der Waals surface area (Å²) in [7, 11) is 0. The van der Waals surface area contributed by atoms with E-state index in [1.807, 2.05) is 13.8 Å². The zero-order chi connectivity index (χ0) is 14.9. The van der Waals surface area contributed by atoms with Gasteiger partial charge in [0.2, 0.25) is 0 Å². The van der Waals surface area contributed by atoms with Crippen molar-refractivity contribution in [2.45, 2.75) is 20.4 Å². The van der Waals surface area contributed by atoms with Crippen molar-refractivity contribution < 1.29 is 4.92 Å². The third-order valence-electron chi connectivity index (χ3n) is 3.16. The van der Waals surface area contributed by atoms with Gasteiger partial charge < -0.3 is 5.43 Å². The molecule has 0 aliphatic rings. The molecule has 0 aliphatic heterocycles. The molecule has 0 spiro atoms. The second-order valence-corrected chi connectivity index (χ2v) is 5.50. The maximum absolute atomic E-state index is 11.9. The van der Waals surface area contributed by atoms with Gasteiger partial charge in [0.15, 0.2) is 0 Å². The molecule has 0 unspecified atom stereocenters. The number of benzene rings is 1. The maximum Gasteiger partial charge on any atom is 0.307 e. The summed E-state index contributed by atoms with van der Waals surface area (Å²) < 4.78 is 1.58. The molecule has 1 aromatic heterocycles. The molecule has 0 radical (unpaired) electrons. The standard InChI is InChI=1S/C12H14N4O3S/c1-7-8(2)20-12(17)15(7)6-9-5-10(16(18)19)3-4-11(9)14-13/h3-5,14H,6,13H2,1-2H3. The van der Waals surface area contributed by atoms with Gasteiger partial charge in [-0.25, -0.2) is 0 Å². The molecular weight excluding hydrogens is 280 g/mol. The molecule has 0 bridgehead atoms. The Morgan fingerprint density at radius 2 is 2.15 bits per heavy atom. The lowest BCUT2D eigenvalue weighted by molar-refractivity contribution is -0.384. The third kappa shape index (κ3) is 2.56. The number of aromatic nitrogens is 1. The highest BCUT2D eigenvalue weighted by atomic mass is 32.1. The number of non-ortho nitro benzene ring substituents is 1. The van der Waals surface area contributed by atoms with Crippen LogP contribution >= 0.6 is 11.3 Å². The number of nitro benzene ring substituents is 1. The van der Waals surface area contributed by atoms with Crippen molar-refractivity contribution >= 4 is 22.7 Å². The molecule has 0 saturated carbocycles. The fourth-order valence-electron chi connectivity index (χ4n) is 1.91. The summed E-state index contributed by atoms with van der Waals surface area (Å²) in [5, 5.41) is 10.8. The van der Waals surface area contributed by atoms with Crippen molar-refractivity contribution in [2.24, 2.45) is 5.84 Å². The summed E-state index contributed by atoms with van der Waals surface area (Å²) in [5.74, 6) is 5.41. The van der Waals surface area contributed by atoms with E-state index < -0.39 is 4.92 Å². The molecule has 8 heteroatoms. The zero-order valence-electron chi connectivity index (χ0n) is 11.0. The minimum Gasteiger partial charge on any atom is -0.324 e. The number of nitrogen functional groups attached to an aromatic ring is 1. The lowest BCUT2D eigenvalue weighted by Gasteiger charge is -2.10. The zero-order valence-corrected chi connectivity index (χ0v) is 11.9. The predicted octanol–water partition coefficient (Wildman–Crippen LogP) is 1.77. The number of hydrazine groups is 1. The van der Waals surface area contributed by atoms with Crippen LogP contribution in [0.1, 0.15) is 16.1 Å². The highest BCUT2D eigenvalue weighted by Crippen LogP contribution is 2.23. The van der Waals surface area contributed by atoms with E-state index in [-0.39, 0.29) is 17.1 Å². The molecule has 20 heavy (non-hydrogen) atoms. The van der Waals surface area contributed by atoms with E-state index in [1.54, 1.807) is 4.57 Å². The summed E-state index contributed by atoms with van der Waals surface area (Å²) in [5.41, 5.74) is 4.48. The minimum absolute atomic E-state index is 0.0309. The number of hydrogen-bond acceptors (Lipinski definition) is 6. The van der Waals surface area contributed by atoms with Gasteiger partial charge in [-0.15, -0.1) is 0 Å². The van der Waals surface area contributed by atoms with Crippen molar-refractivity contribution in [1.82, 2.24) is 4.57 Å². The number of rotatable bonds is 4. The smallest absolute Gasteiger partial charge is 0.307 e. The number of nitrogens with one attached hydrogen (secondary N) is 1. The van der Waals surface area contributed by atoms with Crippen molar-refractivity contribution in [3.05, 3.63) is 54.1 Å². The molecule has 2 rings (SSSR count). The van der Waals surface area contributed by atoms with E-state index in [2.05, 4.69) is 5.43 Å². The third-order valence-corrected chi connectivity index (χ3v) is 4.16. The van der Waals surface area contributed by atoms with Gasteiger partial charge in [-0.3, -0.25) is 25.3 Å². The van der Waals surface area contributed by atoms with Gasteiger partial charge >= 0.3 is 4.87 Å². The number of anilines is 1. The van der Waals surface area contributed by atoms with Gasteiger partial charge in [0.1, 0.15) is 0 Å². The van der Waals surface area contributed by atoms with Crippen LogP contribution in [0.2, 0.25) is 0 Å². The highest BCUT2D eigenvalue weighted by Gasteiger charge is 2.14. The van der Waals surface area contributed by atoms with Crippen molar-refractivity contribution in [1.29, 1.82) is 0 Å². The fraction of sp³-hybridized carbons (Fsp3) is 0.250. The summed E-state index contributed by atoms with van der Waals surface area (Å²) >= 11 is 1.16. The SMILES string of the molecule is Cc1sc(=O)n(Cc2cc([N+](=O)[O-])ccc2NN)c1C. The molecule has 2 aromatic rings. The maximum atomic E-state index is 11.9. The van der Waals surface area contributed by atoms with E-state index in [1.165, 1.54) is 18.2 Å². The van der Waals surface area contributed by atoms with E-state index in [9.17, 15) is 14.9 Å². The first-order valence-corrected chi connectivity index (χ1v) is 6.66. The number of aryl methyl sites for hydroxylation is 1. The summed E-state index contributed by atoms with van der Waals surface area (Å²) in [6.07, 6.45) is 0. The molecule has 0 aliphatic carbocycles. The average Bonchev–Trinajstić information content (AvgIpc) is 2.65. The molecule has 0 atom stereocenters. The Hall–Kier alpha value is -2.19. The minimum atomic E-state index is -0.474. The number of thiazole rings is 1. The molecule has 7 nitrogen and oxygen atoms in total. The van der Waals surface area contributed by atoms with Gasteiger partial charge in [0.25, 0.3) is 5.69 Å². The van der Waals surface area contributed by atoms with Crippen LogP contribution in [0.25, 0.3) is 0 Å². The molecule has 1 aromatic carbocycles. The quantitative estimate of drug-likeness (QED) is 0.508. The second kappa shape index (κ2) is 5.43. The van der Waals surface area contributed by atoms with Gasteiger partial charge in [0, 0.05) is 28.3 Å². The van der Waals surface area contributed by atoms with Crippen LogP contribution in [0.5, 0.6) is 0 Å². The van der Waals surface area contributed by atoms with Crippen molar-refractivity contribution in [3.8, 4) is 0 Å². The van der Waals surface area contributed by atoms with Crippen LogP contribution in [-0.2, 0) is 6.54 Å². The number of nitro groups is 1. The van der Waals surface area contributed by atoms with Crippen molar-refractivity contribution in [2.75, 3.05) is 5.43 Å². The summed E-state index contributed by atoms with van der Waals surface area (Å²) in [6, 6.07) is 4.33. The Labute approximate surface area is 118 Å². The molecular formula is C12H14N4O3S. The topological polar surface area (TPSA) is 103 Å². The van der Waals surface area contributed by atoms with E-state index in [0.717, 1.165) is 21.9 Å². The molecule has 1 heterocycles. The summed E-state index contributed by atoms with van der Waals surface area (Å²) in [6.45, 7) is 3.96. The molecule has 0 saturated heterocycles. The number of nitrogens with two attached hydrogens (primary N) is 1. The molecule has 3 N–H and O–H groups in total. The normalized spacial score (nSPS) is 10.6. The van der Waals surface area contributed by atoms with Crippen LogP contribution in [0, 0.1) is 24.0 Å². The monoisotopic (exact) mass is 294 g/mol. The first-order chi connectivity index (χ1) is 9.43. The van der Waals surface area contributed by atoms with E-state index in [0.29, 0.717) is 11.3 Å². The fourth-order valence-corrected chi connectivity index (χ4v) is 2.74. The van der Waals surface area contributed by atoms with Crippen LogP contribution in [0.15, 0.2) is 23.0 Å². The average molecular weight is 294 g/mol. The molecule has 106 valence electrons. The largest absolute Gasteiger partial charge is 0.324 e. The van der Waals surface area contributed by atoms with Gasteiger partial charge in [-0.1, -0.05) is 11.3 Å². The highest BCUT2D eigenvalue weighted by molar-refractivity contribution is 7.09. The van der Waals surface area contributed by atoms with E-state index in [4.69, 9.17) is 5.84 Å². The Morgan fingerprint density at radius 3 is 2.65 bits per heavy atom. The Bertz CT molecular complexity index is 720. The molecule has 0 amide bonds. The van der Waals surface area contributed by atoms with Gasteiger partial charge in [-0.2, -0.15) is 0 Å². The van der Waals surface area contributed by atoms with Crippen LogP contribution in [-0.4, -0.2) is 9.49 Å². The number of nitrogens with zero attached hydrogens (tertiary/aromatic N) is 2. The number of hydrogen-bond donors (Lipinski definition) is 2. The van der Waals surface area contributed by atoms with Crippen molar-refractivity contribution in [3.63, 3.8) is 0 Å². The van der Waals surface area contributed by atoms with E-state index >= 15 is 0 Å². The second-order valence-electron chi connectivity index (χ2n) is 4.34. The Morgan fingerprint density at radius 1 is 1.45 bits per heavy atom.